The van der Waals surface area contributed by atoms with E-state index in [9.17, 15) is 0 Å². The molecule has 0 aliphatic rings. The molecule has 5 heteroatoms. The number of thiophene rings is 1. The van der Waals surface area contributed by atoms with E-state index >= 15 is 0 Å². The Kier molecular flexibility index (Phi) is 5.94. The Hall–Kier alpha value is -0.0600. The first-order chi connectivity index (χ1) is 9.52. The molecule has 0 aliphatic carbocycles. The van der Waals surface area contributed by atoms with Crippen LogP contribution in [0.5, 0.6) is 0 Å². The Morgan fingerprint density at radius 2 is 2.10 bits per heavy atom. The van der Waals surface area contributed by atoms with Crippen molar-refractivity contribution in [3.8, 4) is 0 Å². The highest BCUT2D eigenvalue weighted by Crippen LogP contribution is 2.35. The number of hydrogen-bond acceptors (Lipinski definition) is 2. The van der Waals surface area contributed by atoms with E-state index in [1.54, 1.807) is 11.3 Å². The maximum atomic E-state index is 6.40. The maximum absolute atomic E-state index is 6.40. The normalized spacial score (nSPS) is 12.7. The molecular weight excluding hydrogens is 377 g/mol. The highest BCUT2D eigenvalue weighted by molar-refractivity contribution is 9.10. The molecule has 0 saturated carbocycles. The molecule has 0 amide bonds. The van der Waals surface area contributed by atoms with E-state index in [1.807, 2.05) is 19.1 Å². The Morgan fingerprint density at radius 1 is 1.35 bits per heavy atom. The highest BCUT2D eigenvalue weighted by Gasteiger charge is 2.18. The quantitative estimate of drug-likeness (QED) is 0.655. The number of rotatable bonds is 5. The van der Waals surface area contributed by atoms with Crippen LogP contribution in [-0.2, 0) is 6.42 Å². The van der Waals surface area contributed by atoms with Crippen LogP contribution in [-0.4, -0.2) is 6.54 Å². The molecule has 0 bridgehead atoms. The van der Waals surface area contributed by atoms with E-state index in [2.05, 4.69) is 39.6 Å². The zero-order valence-corrected chi connectivity index (χ0v) is 15.3. The number of benzene rings is 1. The van der Waals surface area contributed by atoms with Crippen molar-refractivity contribution in [2.24, 2.45) is 0 Å². The fraction of sp³-hybridized carbons (Fsp3) is 0.333. The number of nitrogens with one attached hydrogen (secondary N) is 1. The van der Waals surface area contributed by atoms with Crippen molar-refractivity contribution in [1.82, 2.24) is 5.32 Å². The summed E-state index contributed by atoms with van der Waals surface area (Å²) in [6.07, 6.45) is 0.833. The summed E-state index contributed by atoms with van der Waals surface area (Å²) in [6, 6.07) is 6.21. The van der Waals surface area contributed by atoms with E-state index in [-0.39, 0.29) is 6.04 Å². The molecule has 20 heavy (non-hydrogen) atoms. The van der Waals surface area contributed by atoms with Gasteiger partial charge in [0.2, 0.25) is 0 Å². The lowest BCUT2D eigenvalue weighted by molar-refractivity contribution is 0.558. The average Bonchev–Trinajstić information content (AvgIpc) is 2.73. The molecule has 1 nitrogen and oxygen atoms in total. The summed E-state index contributed by atoms with van der Waals surface area (Å²) in [4.78, 5) is 1.19. The highest BCUT2D eigenvalue weighted by atomic mass is 79.9. The van der Waals surface area contributed by atoms with Crippen molar-refractivity contribution in [2.45, 2.75) is 26.3 Å². The van der Waals surface area contributed by atoms with Crippen molar-refractivity contribution in [3.63, 3.8) is 0 Å². The minimum absolute atomic E-state index is 0.199. The molecule has 0 aliphatic heterocycles. The van der Waals surface area contributed by atoms with Crippen LogP contribution in [0.1, 0.15) is 29.0 Å². The van der Waals surface area contributed by atoms with Gasteiger partial charge in [-0.3, -0.25) is 0 Å². The van der Waals surface area contributed by atoms with Gasteiger partial charge in [-0.1, -0.05) is 52.1 Å². The predicted octanol–water partition coefficient (Wildman–Crippen LogP) is 6.02. The van der Waals surface area contributed by atoms with Crippen molar-refractivity contribution in [2.75, 3.05) is 6.54 Å². The molecule has 0 spiro atoms. The zero-order valence-electron chi connectivity index (χ0n) is 11.3. The van der Waals surface area contributed by atoms with Gasteiger partial charge in [0.15, 0.2) is 0 Å². The fourth-order valence-corrected chi connectivity index (χ4v) is 4.25. The van der Waals surface area contributed by atoms with Crippen LogP contribution in [0, 0.1) is 6.92 Å². The van der Waals surface area contributed by atoms with Crippen LogP contribution in [0.4, 0.5) is 0 Å². The van der Waals surface area contributed by atoms with Crippen LogP contribution in [0.15, 0.2) is 28.1 Å². The largest absolute Gasteiger partial charge is 0.309 e. The number of halogens is 3. The van der Waals surface area contributed by atoms with Gasteiger partial charge >= 0.3 is 0 Å². The Bertz CT molecular complexity index is 598. The van der Waals surface area contributed by atoms with E-state index in [0.29, 0.717) is 0 Å². The SMILES string of the molecule is CCNC(Cc1ccc(Br)cc1Cl)c1scc(C)c1Cl. The molecule has 108 valence electrons. The molecule has 1 N–H and O–H groups in total. The molecule has 1 heterocycles. The summed E-state index contributed by atoms with van der Waals surface area (Å²) in [5.74, 6) is 0. The van der Waals surface area contributed by atoms with Crippen molar-refractivity contribution in [1.29, 1.82) is 0 Å². The second kappa shape index (κ2) is 7.28. The predicted molar refractivity (Wildman–Crippen MR) is 93.3 cm³/mol. The molecule has 0 radical (unpaired) electrons. The zero-order chi connectivity index (χ0) is 14.7. The van der Waals surface area contributed by atoms with Gasteiger partial charge in [-0.25, -0.2) is 0 Å². The molecule has 1 aromatic heterocycles. The first-order valence-corrected chi connectivity index (χ1v) is 8.86. The van der Waals surface area contributed by atoms with E-state index in [0.717, 1.165) is 38.6 Å². The molecule has 1 atom stereocenters. The summed E-state index contributed by atoms with van der Waals surface area (Å²) < 4.78 is 0.997. The Labute approximate surface area is 142 Å². The van der Waals surface area contributed by atoms with Gasteiger partial charge in [-0.15, -0.1) is 11.3 Å². The summed E-state index contributed by atoms with van der Waals surface area (Å²) in [5.41, 5.74) is 2.26. The number of likely N-dealkylation sites (N-methyl/N-ethyl adjacent to an activating group) is 1. The van der Waals surface area contributed by atoms with Gasteiger partial charge < -0.3 is 5.32 Å². The molecule has 0 saturated heterocycles. The number of hydrogen-bond donors (Lipinski definition) is 1. The van der Waals surface area contributed by atoms with E-state index in [1.165, 1.54) is 4.88 Å². The van der Waals surface area contributed by atoms with E-state index < -0.39 is 0 Å². The first kappa shape index (κ1) is 16.3. The summed E-state index contributed by atoms with van der Waals surface area (Å²) in [6.45, 7) is 5.04. The standard InChI is InChI=1S/C15H16BrCl2NS/c1-3-19-13(15-14(18)9(2)8-20-15)6-10-4-5-11(16)7-12(10)17/h4-5,7-8,13,19H,3,6H2,1-2H3. The van der Waals surface area contributed by atoms with Crippen molar-refractivity contribution < 1.29 is 0 Å². The minimum Gasteiger partial charge on any atom is -0.309 e. The first-order valence-electron chi connectivity index (χ1n) is 6.43. The van der Waals surface area contributed by atoms with Gasteiger partial charge in [-0.05, 0) is 48.5 Å². The molecule has 0 fully saturated rings. The topological polar surface area (TPSA) is 12.0 Å². The average molecular weight is 393 g/mol. The second-order valence-electron chi connectivity index (χ2n) is 4.65. The van der Waals surface area contributed by atoms with Gasteiger partial charge in [0.05, 0.1) is 5.02 Å². The fourth-order valence-electron chi connectivity index (χ4n) is 2.10. The van der Waals surface area contributed by atoms with Gasteiger partial charge in [-0.2, -0.15) is 0 Å². The molecule has 1 aromatic carbocycles. The lowest BCUT2D eigenvalue weighted by atomic mass is 10.0. The molecule has 2 rings (SSSR count). The maximum Gasteiger partial charge on any atom is 0.0590 e. The van der Waals surface area contributed by atoms with Crippen molar-refractivity contribution >= 4 is 50.5 Å². The number of aryl methyl sites for hydroxylation is 1. The summed E-state index contributed by atoms with van der Waals surface area (Å²) in [5, 5.41) is 7.25. The van der Waals surface area contributed by atoms with Crippen LogP contribution in [0.25, 0.3) is 0 Å². The lowest BCUT2D eigenvalue weighted by Crippen LogP contribution is -2.22. The third kappa shape index (κ3) is 3.77. The second-order valence-corrected chi connectivity index (χ2v) is 7.26. The van der Waals surface area contributed by atoms with Gasteiger partial charge in [0.25, 0.3) is 0 Å². The van der Waals surface area contributed by atoms with Crippen molar-refractivity contribution in [3.05, 3.63) is 54.1 Å². The van der Waals surface area contributed by atoms with Gasteiger partial charge in [0.1, 0.15) is 0 Å². The Balaban J connectivity index is 2.28. The molecular formula is C15H16BrCl2NS. The lowest BCUT2D eigenvalue weighted by Gasteiger charge is -2.18. The van der Waals surface area contributed by atoms with Crippen LogP contribution >= 0.6 is 50.5 Å². The van der Waals surface area contributed by atoms with Crippen LogP contribution < -0.4 is 5.32 Å². The smallest absolute Gasteiger partial charge is 0.0590 e. The third-order valence-corrected chi connectivity index (χ3v) is 5.80. The monoisotopic (exact) mass is 391 g/mol. The third-order valence-electron chi connectivity index (χ3n) is 3.13. The van der Waals surface area contributed by atoms with Crippen LogP contribution in [0.3, 0.4) is 0 Å². The van der Waals surface area contributed by atoms with E-state index in [4.69, 9.17) is 23.2 Å². The van der Waals surface area contributed by atoms with Gasteiger partial charge in [0, 0.05) is 20.4 Å². The van der Waals surface area contributed by atoms with Crippen LogP contribution in [0.2, 0.25) is 10.0 Å². The molecule has 1 unspecified atom stereocenters. The minimum atomic E-state index is 0.199. The Morgan fingerprint density at radius 3 is 2.65 bits per heavy atom. The molecule has 2 aromatic rings. The summed E-state index contributed by atoms with van der Waals surface area (Å²) >= 11 is 17.9. The summed E-state index contributed by atoms with van der Waals surface area (Å²) in [7, 11) is 0.